The topological polar surface area (TPSA) is 30.5 Å². The molecule has 0 saturated heterocycles. The van der Waals surface area contributed by atoms with Crippen LogP contribution in [-0.4, -0.2) is 19.3 Å². The van der Waals surface area contributed by atoms with Crippen LogP contribution in [0.1, 0.15) is 26.3 Å². The van der Waals surface area contributed by atoms with Crippen molar-refractivity contribution in [1.82, 2.24) is 5.32 Å². The molecule has 1 aromatic rings. The number of benzene rings is 1. The smallest absolute Gasteiger partial charge is 0.167 e. The second kappa shape index (κ2) is 7.93. The first-order chi connectivity index (χ1) is 8.48. The van der Waals surface area contributed by atoms with Gasteiger partial charge in [0, 0.05) is 17.6 Å². The van der Waals surface area contributed by atoms with Crippen molar-refractivity contribution < 1.29 is 9.47 Å². The van der Waals surface area contributed by atoms with Gasteiger partial charge in [-0.3, -0.25) is 0 Å². The van der Waals surface area contributed by atoms with Gasteiger partial charge in [0.1, 0.15) is 6.61 Å². The van der Waals surface area contributed by atoms with Gasteiger partial charge in [-0.15, -0.1) is 18.8 Å². The summed E-state index contributed by atoms with van der Waals surface area (Å²) in [5, 5.41) is 3.42. The minimum absolute atomic E-state index is 0. The van der Waals surface area contributed by atoms with Gasteiger partial charge in [0.25, 0.3) is 0 Å². The van der Waals surface area contributed by atoms with Crippen LogP contribution in [0.3, 0.4) is 0 Å². The summed E-state index contributed by atoms with van der Waals surface area (Å²) in [6, 6.07) is 5.82. The van der Waals surface area contributed by atoms with Crippen LogP contribution in [0.4, 0.5) is 0 Å². The highest BCUT2D eigenvalue weighted by Gasteiger charge is 2.13. The number of ether oxygens (including phenoxy) is 2. The van der Waals surface area contributed by atoms with Crippen molar-refractivity contribution in [2.24, 2.45) is 0 Å². The molecule has 0 fully saturated rings. The Hall–Kier alpha value is -1.37. The number of methoxy groups -OCH3 is 1. The summed E-state index contributed by atoms with van der Waals surface area (Å²) >= 11 is 0. The molecule has 3 nitrogen and oxygen atoms in total. The van der Waals surface area contributed by atoms with Gasteiger partial charge in [-0.2, -0.15) is 0 Å². The van der Waals surface area contributed by atoms with Crippen LogP contribution in [0.2, 0.25) is 0 Å². The Morgan fingerprint density at radius 2 is 2.00 bits per heavy atom. The van der Waals surface area contributed by atoms with Gasteiger partial charge in [0.2, 0.25) is 0 Å². The van der Waals surface area contributed by atoms with E-state index in [2.05, 4.69) is 32.0 Å². The molecule has 0 amide bonds. The maximum absolute atomic E-state index is 5.57. The summed E-state index contributed by atoms with van der Waals surface area (Å²) in [6.45, 7) is 7.31. The molecule has 0 saturated carbocycles. The first-order valence-corrected chi connectivity index (χ1v) is 5.95. The Morgan fingerprint density at radius 3 is 2.53 bits per heavy atom. The third kappa shape index (κ3) is 5.87. The summed E-state index contributed by atoms with van der Waals surface area (Å²) in [5.74, 6) is 3.89. The van der Waals surface area contributed by atoms with E-state index in [9.17, 15) is 0 Å². The zero-order chi connectivity index (χ0) is 13.6. The number of hydrogen-bond acceptors (Lipinski definition) is 3. The first kappa shape index (κ1) is 17.6. The van der Waals surface area contributed by atoms with Crippen molar-refractivity contribution in [3.05, 3.63) is 23.8 Å². The van der Waals surface area contributed by atoms with Crippen molar-refractivity contribution in [3.63, 3.8) is 0 Å². The molecule has 0 radical (unpaired) electrons. The van der Waals surface area contributed by atoms with Crippen LogP contribution in [0.5, 0.6) is 11.5 Å². The van der Waals surface area contributed by atoms with Crippen molar-refractivity contribution in [2.75, 3.05) is 13.7 Å². The Kier molecular flexibility index (Phi) is 7.36. The number of halogens is 1. The monoisotopic (exact) mass is 283 g/mol. The molecule has 0 bridgehead atoms. The van der Waals surface area contributed by atoms with E-state index >= 15 is 0 Å². The van der Waals surface area contributed by atoms with Crippen molar-refractivity contribution in [1.29, 1.82) is 0 Å². The molecule has 0 spiro atoms. The molecule has 0 aliphatic rings. The van der Waals surface area contributed by atoms with Crippen LogP contribution in [-0.2, 0) is 6.54 Å². The molecule has 1 rings (SSSR count). The van der Waals surface area contributed by atoms with Gasteiger partial charge in [0.15, 0.2) is 11.5 Å². The fourth-order valence-corrected chi connectivity index (χ4v) is 1.50. The molecule has 1 N–H and O–H groups in total. The summed E-state index contributed by atoms with van der Waals surface area (Å²) in [6.07, 6.45) is 5.23. The molecule has 0 aromatic heterocycles. The molecule has 0 aliphatic carbocycles. The molecule has 1 aromatic carbocycles. The van der Waals surface area contributed by atoms with Gasteiger partial charge >= 0.3 is 0 Å². The lowest BCUT2D eigenvalue weighted by Gasteiger charge is -2.22. The van der Waals surface area contributed by atoms with Crippen LogP contribution in [0.25, 0.3) is 0 Å². The van der Waals surface area contributed by atoms with Crippen molar-refractivity contribution >= 4 is 12.4 Å². The second-order valence-electron chi connectivity index (χ2n) is 5.04. The molecule has 0 unspecified atom stereocenters. The number of terminal acetylenes is 1. The van der Waals surface area contributed by atoms with E-state index < -0.39 is 0 Å². The zero-order valence-electron chi connectivity index (χ0n) is 11.9. The highest BCUT2D eigenvalue weighted by atomic mass is 35.5. The largest absolute Gasteiger partial charge is 0.493 e. The maximum Gasteiger partial charge on any atom is 0.167 e. The number of para-hydroxylation sites is 1. The standard InChI is InChI=1S/C15H21NO2.ClH/c1-6-10-18-14-12(11-16-15(2,3)4)8-7-9-13(14)17-5;/h1,7-9,16H,10-11H2,2-5H3;1H. The zero-order valence-corrected chi connectivity index (χ0v) is 12.8. The Bertz CT molecular complexity index is 433. The molecular formula is C15H22ClNO2. The fourth-order valence-electron chi connectivity index (χ4n) is 1.50. The lowest BCUT2D eigenvalue weighted by atomic mass is 10.1. The van der Waals surface area contributed by atoms with E-state index in [1.165, 1.54) is 0 Å². The second-order valence-corrected chi connectivity index (χ2v) is 5.04. The Labute approximate surface area is 122 Å². The van der Waals surface area contributed by atoms with E-state index in [1.807, 2.05) is 18.2 Å². The van der Waals surface area contributed by atoms with E-state index in [0.717, 1.165) is 11.3 Å². The lowest BCUT2D eigenvalue weighted by molar-refractivity contribution is 0.324. The van der Waals surface area contributed by atoms with Gasteiger partial charge in [0.05, 0.1) is 7.11 Å². The summed E-state index contributed by atoms with van der Waals surface area (Å²) < 4.78 is 10.9. The Morgan fingerprint density at radius 1 is 1.32 bits per heavy atom. The molecular weight excluding hydrogens is 262 g/mol. The molecule has 106 valence electrons. The quantitative estimate of drug-likeness (QED) is 0.843. The van der Waals surface area contributed by atoms with E-state index in [4.69, 9.17) is 15.9 Å². The Balaban J connectivity index is 0.00000324. The minimum Gasteiger partial charge on any atom is -0.493 e. The van der Waals surface area contributed by atoms with Gasteiger partial charge in [-0.1, -0.05) is 18.1 Å². The molecule has 19 heavy (non-hydrogen) atoms. The predicted molar refractivity (Wildman–Crippen MR) is 81.2 cm³/mol. The highest BCUT2D eigenvalue weighted by molar-refractivity contribution is 5.85. The number of rotatable bonds is 5. The van der Waals surface area contributed by atoms with E-state index in [0.29, 0.717) is 12.3 Å². The molecule has 0 aliphatic heterocycles. The first-order valence-electron chi connectivity index (χ1n) is 5.95. The predicted octanol–water partition coefficient (Wildman–Crippen LogP) is 3.02. The van der Waals surface area contributed by atoms with Gasteiger partial charge < -0.3 is 14.8 Å². The lowest BCUT2D eigenvalue weighted by Crippen LogP contribution is -2.35. The average molecular weight is 284 g/mol. The minimum atomic E-state index is 0. The summed E-state index contributed by atoms with van der Waals surface area (Å²) in [4.78, 5) is 0. The van der Waals surface area contributed by atoms with E-state index in [-0.39, 0.29) is 24.6 Å². The SMILES string of the molecule is C#CCOc1c(CNC(C)(C)C)cccc1OC.Cl. The third-order valence-corrected chi connectivity index (χ3v) is 2.39. The fraction of sp³-hybridized carbons (Fsp3) is 0.467. The van der Waals surface area contributed by atoms with E-state index in [1.54, 1.807) is 7.11 Å². The highest BCUT2D eigenvalue weighted by Crippen LogP contribution is 2.31. The van der Waals surface area contributed by atoms with Gasteiger partial charge in [-0.05, 0) is 26.8 Å². The number of nitrogens with one attached hydrogen (secondary N) is 1. The molecule has 0 heterocycles. The van der Waals surface area contributed by atoms with Crippen LogP contribution in [0, 0.1) is 12.3 Å². The summed E-state index contributed by atoms with van der Waals surface area (Å²) in [7, 11) is 1.62. The maximum atomic E-state index is 5.57. The van der Waals surface area contributed by atoms with Crippen molar-refractivity contribution in [2.45, 2.75) is 32.9 Å². The van der Waals surface area contributed by atoms with Crippen LogP contribution in [0.15, 0.2) is 18.2 Å². The normalized spacial score (nSPS) is 10.3. The summed E-state index contributed by atoms with van der Waals surface area (Å²) in [5.41, 5.74) is 1.09. The molecule has 0 atom stereocenters. The average Bonchev–Trinajstić information content (AvgIpc) is 2.33. The van der Waals surface area contributed by atoms with Crippen LogP contribution < -0.4 is 14.8 Å². The third-order valence-electron chi connectivity index (χ3n) is 2.39. The van der Waals surface area contributed by atoms with Gasteiger partial charge in [-0.25, -0.2) is 0 Å². The van der Waals surface area contributed by atoms with Crippen molar-refractivity contribution in [3.8, 4) is 23.8 Å². The number of hydrogen-bond donors (Lipinski definition) is 1. The van der Waals surface area contributed by atoms with Crippen LogP contribution >= 0.6 is 12.4 Å². The molecule has 4 heteroatoms.